The van der Waals surface area contributed by atoms with Crippen LogP contribution >= 0.6 is 34.5 Å². The van der Waals surface area contributed by atoms with E-state index in [4.69, 9.17) is 27.9 Å². The molecular weight excluding hydrogens is 463 g/mol. The summed E-state index contributed by atoms with van der Waals surface area (Å²) in [6.07, 6.45) is 3.21. The van der Waals surface area contributed by atoms with Gasteiger partial charge < -0.3 is 4.74 Å². The highest BCUT2D eigenvalue weighted by Crippen LogP contribution is 2.32. The summed E-state index contributed by atoms with van der Waals surface area (Å²) in [6.45, 7) is 0.509. The minimum absolute atomic E-state index is 0.266. The lowest BCUT2D eigenvalue weighted by molar-refractivity contribution is -0.111. The molecule has 0 aliphatic heterocycles. The molecule has 0 unspecified atom stereocenters. The first-order valence-electron chi connectivity index (χ1n) is 9.73. The third-order valence-corrected chi connectivity index (χ3v) is 5.80. The molecule has 4 aromatic rings. The monoisotopic (exact) mass is 480 g/mol. The van der Waals surface area contributed by atoms with Crippen molar-refractivity contribution in [2.75, 3.05) is 5.32 Å². The predicted molar refractivity (Wildman–Crippen MR) is 132 cm³/mol. The molecule has 0 spiro atoms. The zero-order valence-electron chi connectivity index (χ0n) is 16.8. The summed E-state index contributed by atoms with van der Waals surface area (Å²) in [5.74, 6) is 0.504. The van der Waals surface area contributed by atoms with Gasteiger partial charge in [0.2, 0.25) is 5.91 Å². The number of hydrogen-bond acceptors (Lipinski definition) is 4. The maximum absolute atomic E-state index is 12.3. The van der Waals surface area contributed by atoms with Crippen LogP contribution in [0.1, 0.15) is 11.1 Å². The van der Waals surface area contributed by atoms with Crippen molar-refractivity contribution in [2.24, 2.45) is 0 Å². The van der Waals surface area contributed by atoms with E-state index in [0.717, 1.165) is 22.4 Å². The maximum Gasteiger partial charge on any atom is 0.250 e. The number of aromatic nitrogens is 1. The van der Waals surface area contributed by atoms with Gasteiger partial charge in [0.1, 0.15) is 12.4 Å². The van der Waals surface area contributed by atoms with E-state index in [1.807, 2.05) is 60.0 Å². The third kappa shape index (κ3) is 5.98. The highest BCUT2D eigenvalue weighted by molar-refractivity contribution is 7.14. The Balaban J connectivity index is 1.32. The van der Waals surface area contributed by atoms with Crippen molar-refractivity contribution in [3.63, 3.8) is 0 Å². The number of halogens is 2. The number of anilines is 1. The van der Waals surface area contributed by atoms with Gasteiger partial charge in [-0.3, -0.25) is 10.1 Å². The van der Waals surface area contributed by atoms with Crippen molar-refractivity contribution in [3.8, 4) is 17.0 Å². The van der Waals surface area contributed by atoms with Crippen LogP contribution in [0.25, 0.3) is 17.3 Å². The number of benzene rings is 3. The van der Waals surface area contributed by atoms with Crippen LogP contribution < -0.4 is 10.1 Å². The van der Waals surface area contributed by atoms with Gasteiger partial charge in [0, 0.05) is 22.0 Å². The van der Waals surface area contributed by atoms with Crippen LogP contribution in [0.2, 0.25) is 10.0 Å². The molecule has 1 heterocycles. The van der Waals surface area contributed by atoms with E-state index in [9.17, 15) is 4.79 Å². The Bertz CT molecular complexity index is 1240. The number of carbonyl (C=O) groups excluding carboxylic acids is 1. The van der Waals surface area contributed by atoms with Gasteiger partial charge in [-0.15, -0.1) is 11.3 Å². The van der Waals surface area contributed by atoms with Gasteiger partial charge in [0.15, 0.2) is 5.13 Å². The highest BCUT2D eigenvalue weighted by atomic mass is 35.5. The average Bonchev–Trinajstić information content (AvgIpc) is 3.25. The second kappa shape index (κ2) is 10.5. The lowest BCUT2D eigenvalue weighted by atomic mass is 10.2. The minimum atomic E-state index is -0.266. The second-order valence-corrected chi connectivity index (χ2v) is 8.53. The van der Waals surface area contributed by atoms with Gasteiger partial charge >= 0.3 is 0 Å². The molecule has 0 aliphatic rings. The topological polar surface area (TPSA) is 51.2 Å². The highest BCUT2D eigenvalue weighted by Gasteiger charge is 2.10. The molecule has 160 valence electrons. The second-order valence-electron chi connectivity index (χ2n) is 6.83. The van der Waals surface area contributed by atoms with E-state index in [1.54, 1.807) is 24.3 Å². The van der Waals surface area contributed by atoms with Crippen molar-refractivity contribution in [1.29, 1.82) is 0 Å². The fourth-order valence-electron chi connectivity index (χ4n) is 2.89. The van der Waals surface area contributed by atoms with Crippen LogP contribution in [-0.4, -0.2) is 10.9 Å². The fourth-order valence-corrected chi connectivity index (χ4v) is 4.11. The SMILES string of the molecule is O=C(C=Cc1ccc(OCc2ccccc2)cc1)Nc1nc(-c2ccc(Cl)cc2Cl)cs1. The Morgan fingerprint density at radius 1 is 1.03 bits per heavy atom. The van der Waals surface area contributed by atoms with Crippen LogP contribution in [0.5, 0.6) is 5.75 Å². The van der Waals surface area contributed by atoms with Crippen LogP contribution in [0.4, 0.5) is 5.13 Å². The Hall–Kier alpha value is -3.12. The molecular formula is C25H18Cl2N2O2S. The van der Waals surface area contributed by atoms with Gasteiger partial charge in [-0.2, -0.15) is 0 Å². The van der Waals surface area contributed by atoms with E-state index in [-0.39, 0.29) is 5.91 Å². The Labute approximate surface area is 200 Å². The van der Waals surface area contributed by atoms with Gasteiger partial charge in [0.05, 0.1) is 10.7 Å². The third-order valence-electron chi connectivity index (χ3n) is 4.50. The maximum atomic E-state index is 12.3. The largest absolute Gasteiger partial charge is 0.489 e. The molecule has 1 N–H and O–H groups in total. The lowest BCUT2D eigenvalue weighted by Crippen LogP contribution is -2.07. The number of hydrogen-bond donors (Lipinski definition) is 1. The number of nitrogens with one attached hydrogen (secondary N) is 1. The first-order chi connectivity index (χ1) is 15.6. The molecule has 3 aromatic carbocycles. The zero-order chi connectivity index (χ0) is 22.3. The molecule has 0 aliphatic carbocycles. The van der Waals surface area contributed by atoms with Gasteiger partial charge in [-0.25, -0.2) is 4.98 Å². The summed E-state index contributed by atoms with van der Waals surface area (Å²) in [5.41, 5.74) is 3.44. The van der Waals surface area contributed by atoms with Crippen molar-refractivity contribution in [2.45, 2.75) is 6.61 Å². The van der Waals surface area contributed by atoms with E-state index in [0.29, 0.717) is 27.5 Å². The summed E-state index contributed by atoms with van der Waals surface area (Å²) >= 11 is 13.5. The fraction of sp³-hybridized carbons (Fsp3) is 0.0400. The molecule has 1 amide bonds. The van der Waals surface area contributed by atoms with Crippen molar-refractivity contribution < 1.29 is 9.53 Å². The smallest absolute Gasteiger partial charge is 0.250 e. The van der Waals surface area contributed by atoms with Gasteiger partial charge in [0.25, 0.3) is 0 Å². The first kappa shape index (κ1) is 22.1. The Morgan fingerprint density at radius 2 is 1.81 bits per heavy atom. The number of amides is 1. The number of thiazole rings is 1. The summed E-state index contributed by atoms with van der Waals surface area (Å²) in [5, 5.41) is 6.17. The van der Waals surface area contributed by atoms with Gasteiger partial charge in [-0.1, -0.05) is 65.7 Å². The predicted octanol–water partition coefficient (Wildman–Crippen LogP) is 7.35. The minimum Gasteiger partial charge on any atom is -0.489 e. The lowest BCUT2D eigenvalue weighted by Gasteiger charge is -2.06. The van der Waals surface area contributed by atoms with Crippen LogP contribution in [-0.2, 0) is 11.4 Å². The summed E-state index contributed by atoms with van der Waals surface area (Å²) < 4.78 is 5.78. The van der Waals surface area contributed by atoms with Crippen LogP contribution in [0.15, 0.2) is 84.3 Å². The molecule has 0 radical (unpaired) electrons. The molecule has 0 saturated carbocycles. The molecule has 4 rings (SSSR count). The number of ether oxygens (including phenoxy) is 1. The average molecular weight is 481 g/mol. The molecule has 1 aromatic heterocycles. The molecule has 0 fully saturated rings. The number of nitrogens with zero attached hydrogens (tertiary/aromatic N) is 1. The Morgan fingerprint density at radius 3 is 2.56 bits per heavy atom. The molecule has 0 bridgehead atoms. The molecule has 0 saturated heterocycles. The quantitative estimate of drug-likeness (QED) is 0.281. The molecule has 32 heavy (non-hydrogen) atoms. The zero-order valence-corrected chi connectivity index (χ0v) is 19.1. The normalized spacial score (nSPS) is 10.9. The molecule has 0 atom stereocenters. The van der Waals surface area contributed by atoms with E-state index < -0.39 is 0 Å². The number of rotatable bonds is 7. The van der Waals surface area contributed by atoms with Crippen molar-refractivity contribution in [1.82, 2.24) is 4.98 Å². The standard InChI is InChI=1S/C25H18Cl2N2O2S/c26-19-9-12-21(22(27)14-19)23-16-32-25(28-23)29-24(30)13-8-17-6-10-20(11-7-17)31-15-18-4-2-1-3-5-18/h1-14,16H,15H2,(H,28,29,30). The molecule has 7 heteroatoms. The van der Waals surface area contributed by atoms with Gasteiger partial charge in [-0.05, 0) is 47.5 Å². The Kier molecular flexibility index (Phi) is 7.22. The van der Waals surface area contributed by atoms with E-state index in [1.165, 1.54) is 17.4 Å². The van der Waals surface area contributed by atoms with Crippen molar-refractivity contribution >= 4 is 51.7 Å². The molecule has 4 nitrogen and oxygen atoms in total. The summed E-state index contributed by atoms with van der Waals surface area (Å²) in [4.78, 5) is 16.7. The van der Waals surface area contributed by atoms with Crippen LogP contribution in [0, 0.1) is 0 Å². The van der Waals surface area contributed by atoms with E-state index >= 15 is 0 Å². The van der Waals surface area contributed by atoms with E-state index in [2.05, 4.69) is 10.3 Å². The van der Waals surface area contributed by atoms with Crippen molar-refractivity contribution in [3.05, 3.63) is 105 Å². The first-order valence-corrected chi connectivity index (χ1v) is 11.4. The summed E-state index contributed by atoms with van der Waals surface area (Å²) in [7, 11) is 0. The van der Waals surface area contributed by atoms with Crippen LogP contribution in [0.3, 0.4) is 0 Å². The number of carbonyl (C=O) groups is 1. The summed E-state index contributed by atoms with van der Waals surface area (Å²) in [6, 6.07) is 22.7.